The van der Waals surface area contributed by atoms with Crippen molar-refractivity contribution >= 4 is 23.2 Å². The maximum atomic E-state index is 7.10. The summed E-state index contributed by atoms with van der Waals surface area (Å²) < 4.78 is 55.8. The number of hydrogen-bond donors (Lipinski definition) is 0. The standard InChI is InChI=1S/C4H8Cl2/c5-3-1-2-4-6/h1-4H2/i1D2,2D2,3D2,4D2. The minimum atomic E-state index is -3.26. The number of halogens is 2. The SMILES string of the molecule is [2H]C([2H])(Cl)C([2H])([2H])C([2H])([2H])C([2H])([2H])Cl. The van der Waals surface area contributed by atoms with Crippen molar-refractivity contribution in [3.8, 4) is 0 Å². The molecule has 0 N–H and O–H groups in total. The van der Waals surface area contributed by atoms with Gasteiger partial charge in [0.15, 0.2) is 0 Å². The van der Waals surface area contributed by atoms with Gasteiger partial charge in [0, 0.05) is 22.6 Å². The zero-order valence-electron chi connectivity index (χ0n) is 10.8. The molecule has 0 fully saturated rings. The van der Waals surface area contributed by atoms with E-state index in [1.165, 1.54) is 0 Å². The summed E-state index contributed by atoms with van der Waals surface area (Å²) in [5.41, 5.74) is 0. The minimum Gasteiger partial charge on any atom is -0.127 e. The van der Waals surface area contributed by atoms with Crippen LogP contribution in [0.2, 0.25) is 0 Å². The minimum absolute atomic E-state index is 3.06. The topological polar surface area (TPSA) is 0 Å². The third-order valence-corrected chi connectivity index (χ3v) is 0.346. The molecular formula is C4H8Cl2. The van der Waals surface area contributed by atoms with E-state index >= 15 is 0 Å². The van der Waals surface area contributed by atoms with E-state index in [0.717, 1.165) is 0 Å². The first kappa shape index (κ1) is 1.11. The summed E-state index contributed by atoms with van der Waals surface area (Å²) in [6.45, 7) is 0. The molecule has 0 aromatic rings. The van der Waals surface area contributed by atoms with Crippen LogP contribution in [-0.2, 0) is 0 Å². The van der Waals surface area contributed by atoms with Crippen molar-refractivity contribution < 1.29 is 11.0 Å². The van der Waals surface area contributed by atoms with Gasteiger partial charge in [-0.05, 0) is 12.7 Å². The highest BCUT2D eigenvalue weighted by molar-refractivity contribution is 6.18. The Balaban J connectivity index is 5.30. The Hall–Kier alpha value is 0.580. The van der Waals surface area contributed by atoms with Crippen LogP contribution in [0.15, 0.2) is 0 Å². The van der Waals surface area contributed by atoms with Crippen molar-refractivity contribution in [3.05, 3.63) is 0 Å². The normalized spacial score (nSPS) is 38.3. The van der Waals surface area contributed by atoms with Gasteiger partial charge in [-0.2, -0.15) is 0 Å². The van der Waals surface area contributed by atoms with Gasteiger partial charge in [0.1, 0.15) is 0 Å². The summed E-state index contributed by atoms with van der Waals surface area (Å²) in [6, 6.07) is 0. The lowest BCUT2D eigenvalue weighted by Gasteiger charge is -1.83. The van der Waals surface area contributed by atoms with E-state index < -0.39 is 24.4 Å². The van der Waals surface area contributed by atoms with Gasteiger partial charge in [-0.3, -0.25) is 0 Å². The van der Waals surface area contributed by atoms with Crippen LogP contribution in [0.5, 0.6) is 0 Å². The first-order valence-corrected chi connectivity index (χ1v) is 1.88. The average molecular weight is 135 g/mol. The van der Waals surface area contributed by atoms with Gasteiger partial charge in [-0.25, -0.2) is 0 Å². The molecule has 0 aliphatic rings. The highest BCUT2D eigenvalue weighted by Crippen LogP contribution is 1.92. The molecule has 0 saturated heterocycles. The predicted octanol–water partition coefficient (Wildman–Crippen LogP) is 2.24. The van der Waals surface area contributed by atoms with Crippen molar-refractivity contribution in [2.75, 3.05) is 11.7 Å². The molecule has 0 amide bonds. The van der Waals surface area contributed by atoms with Crippen LogP contribution in [0.4, 0.5) is 0 Å². The number of hydrogen-bond acceptors (Lipinski definition) is 0. The number of alkyl halides is 2. The Kier molecular flexibility index (Phi) is 1.03. The van der Waals surface area contributed by atoms with Gasteiger partial charge in [0.25, 0.3) is 0 Å². The summed E-state index contributed by atoms with van der Waals surface area (Å²) in [7, 11) is 0. The Morgan fingerprint density at radius 1 is 1.17 bits per heavy atom. The molecular weight excluding hydrogens is 119 g/mol. The summed E-state index contributed by atoms with van der Waals surface area (Å²) in [5.74, 6) is -6.11. The molecule has 0 aromatic heterocycles. The maximum absolute atomic E-state index is 7.10. The monoisotopic (exact) mass is 134 g/mol. The zero-order valence-corrected chi connectivity index (χ0v) is 4.27. The Morgan fingerprint density at radius 2 is 1.50 bits per heavy atom. The second kappa shape index (κ2) is 5.58. The molecule has 0 saturated carbocycles. The van der Waals surface area contributed by atoms with Crippen LogP contribution >= 0.6 is 23.2 Å². The smallest absolute Gasteiger partial charge is 0.0435 e. The molecule has 0 aromatic carbocycles. The Labute approximate surface area is 59.7 Å². The summed E-state index contributed by atoms with van der Waals surface area (Å²) in [5, 5.41) is 0. The molecule has 6 heavy (non-hydrogen) atoms. The maximum Gasteiger partial charge on any atom is 0.0435 e. The van der Waals surface area contributed by atoms with Crippen LogP contribution in [0, 0.1) is 0 Å². The van der Waals surface area contributed by atoms with E-state index in [4.69, 9.17) is 34.2 Å². The van der Waals surface area contributed by atoms with Gasteiger partial charge in [0.2, 0.25) is 0 Å². The third kappa shape index (κ3) is 4.58. The third-order valence-electron chi connectivity index (χ3n) is 0.157. The van der Waals surface area contributed by atoms with Crippen molar-refractivity contribution in [2.24, 2.45) is 0 Å². The summed E-state index contributed by atoms with van der Waals surface area (Å²) >= 11 is 10.0. The Bertz CT molecular complexity index is 188. The fourth-order valence-corrected chi connectivity index (χ4v) is 0.142. The molecule has 0 unspecified atom stereocenters. The van der Waals surface area contributed by atoms with Gasteiger partial charge in [-0.15, -0.1) is 23.2 Å². The second-order valence-electron chi connectivity index (χ2n) is 0.439. The van der Waals surface area contributed by atoms with Crippen LogP contribution < -0.4 is 0 Å². The Morgan fingerprint density at radius 3 is 1.67 bits per heavy atom. The largest absolute Gasteiger partial charge is 0.127 e. The molecule has 0 heterocycles. The van der Waals surface area contributed by atoms with E-state index in [1.807, 2.05) is 0 Å². The molecule has 0 aliphatic heterocycles. The lowest BCUT2D eigenvalue weighted by atomic mass is 10.4. The average Bonchev–Trinajstić information content (AvgIpc) is 1.81. The lowest BCUT2D eigenvalue weighted by Crippen LogP contribution is -1.74. The highest BCUT2D eigenvalue weighted by Gasteiger charge is 1.78. The molecule has 0 nitrogen and oxygen atoms in total. The van der Waals surface area contributed by atoms with Crippen LogP contribution in [0.25, 0.3) is 0 Å². The van der Waals surface area contributed by atoms with Gasteiger partial charge in [0.05, 0.1) is 0 Å². The van der Waals surface area contributed by atoms with Crippen molar-refractivity contribution in [1.29, 1.82) is 0 Å². The van der Waals surface area contributed by atoms with E-state index in [2.05, 4.69) is 0 Å². The van der Waals surface area contributed by atoms with Crippen molar-refractivity contribution in [1.82, 2.24) is 0 Å². The predicted molar refractivity (Wildman–Crippen MR) is 30.7 cm³/mol. The molecule has 0 rings (SSSR count). The first-order valence-electron chi connectivity index (χ1n) is 5.13. The lowest BCUT2D eigenvalue weighted by molar-refractivity contribution is 0.899. The van der Waals surface area contributed by atoms with E-state index in [9.17, 15) is 0 Å². The van der Waals surface area contributed by atoms with Crippen LogP contribution in [-0.4, -0.2) is 11.7 Å². The highest BCUT2D eigenvalue weighted by atomic mass is 35.5. The fourth-order valence-electron chi connectivity index (χ4n) is 0.0472. The number of rotatable bonds is 3. The molecule has 0 atom stereocenters. The van der Waals surface area contributed by atoms with Gasteiger partial charge < -0.3 is 0 Å². The van der Waals surface area contributed by atoms with E-state index in [1.54, 1.807) is 0 Å². The fraction of sp³-hybridized carbons (Fsp3) is 1.00. The molecule has 0 radical (unpaired) electrons. The molecule has 2 heteroatoms. The van der Waals surface area contributed by atoms with Crippen molar-refractivity contribution in [3.63, 3.8) is 0 Å². The van der Waals surface area contributed by atoms with Crippen LogP contribution in [0.1, 0.15) is 23.7 Å². The first-order chi connectivity index (χ1) is 5.75. The zero-order chi connectivity index (χ0) is 12.0. The molecule has 0 bridgehead atoms. The summed E-state index contributed by atoms with van der Waals surface area (Å²) in [6.07, 6.45) is -6.51. The molecule has 38 valence electrons. The molecule has 0 aliphatic carbocycles. The second-order valence-corrected chi connectivity index (χ2v) is 0.817. The van der Waals surface area contributed by atoms with Gasteiger partial charge >= 0.3 is 0 Å². The van der Waals surface area contributed by atoms with E-state index in [0.29, 0.717) is 0 Å². The van der Waals surface area contributed by atoms with Gasteiger partial charge in [-0.1, -0.05) is 0 Å². The quantitative estimate of drug-likeness (QED) is 0.520. The van der Waals surface area contributed by atoms with E-state index in [-0.39, 0.29) is 0 Å². The summed E-state index contributed by atoms with van der Waals surface area (Å²) in [4.78, 5) is 0. The molecule has 0 spiro atoms. The van der Waals surface area contributed by atoms with Crippen LogP contribution in [0.3, 0.4) is 0 Å². The van der Waals surface area contributed by atoms with Crippen molar-refractivity contribution in [2.45, 2.75) is 12.7 Å².